The third-order valence-electron chi connectivity index (χ3n) is 2.15. The Morgan fingerprint density at radius 2 is 2.00 bits per heavy atom. The summed E-state index contributed by atoms with van der Waals surface area (Å²) in [5.74, 6) is -1.18. The molecule has 1 aromatic carbocycles. The molecular formula is C11H7ClN2O3. The van der Waals surface area contributed by atoms with Crippen molar-refractivity contribution < 1.29 is 14.7 Å². The predicted molar refractivity (Wildman–Crippen MR) is 60.9 cm³/mol. The van der Waals surface area contributed by atoms with E-state index in [1.165, 1.54) is 10.7 Å². The van der Waals surface area contributed by atoms with Gasteiger partial charge in [-0.05, 0) is 24.3 Å². The summed E-state index contributed by atoms with van der Waals surface area (Å²) in [5.41, 5.74) is 0.566. The zero-order chi connectivity index (χ0) is 12.4. The van der Waals surface area contributed by atoms with Crippen LogP contribution in [0.15, 0.2) is 30.3 Å². The van der Waals surface area contributed by atoms with E-state index in [0.717, 1.165) is 0 Å². The number of halogens is 1. The molecule has 0 amide bonds. The Morgan fingerprint density at radius 3 is 2.53 bits per heavy atom. The van der Waals surface area contributed by atoms with Crippen molar-refractivity contribution in [1.29, 1.82) is 0 Å². The average molecular weight is 251 g/mol. The molecule has 0 radical (unpaired) electrons. The number of benzene rings is 1. The Hall–Kier alpha value is -2.14. The van der Waals surface area contributed by atoms with Crippen LogP contribution in [0, 0.1) is 0 Å². The molecule has 17 heavy (non-hydrogen) atoms. The van der Waals surface area contributed by atoms with Crippen molar-refractivity contribution in [3.05, 3.63) is 46.7 Å². The molecule has 0 aliphatic carbocycles. The minimum absolute atomic E-state index is 0.171. The van der Waals surface area contributed by atoms with E-state index in [4.69, 9.17) is 16.7 Å². The van der Waals surface area contributed by atoms with E-state index < -0.39 is 5.97 Å². The summed E-state index contributed by atoms with van der Waals surface area (Å²) in [6, 6.07) is 7.77. The van der Waals surface area contributed by atoms with Crippen LogP contribution >= 0.6 is 11.6 Å². The van der Waals surface area contributed by atoms with Gasteiger partial charge < -0.3 is 5.11 Å². The van der Waals surface area contributed by atoms with Gasteiger partial charge in [-0.1, -0.05) is 11.6 Å². The summed E-state index contributed by atoms with van der Waals surface area (Å²) in [6.45, 7) is 0. The van der Waals surface area contributed by atoms with Crippen LogP contribution in [0.5, 0.6) is 0 Å². The maximum atomic E-state index is 10.8. The van der Waals surface area contributed by atoms with Crippen LogP contribution in [0.2, 0.25) is 5.02 Å². The van der Waals surface area contributed by atoms with Crippen LogP contribution < -0.4 is 0 Å². The van der Waals surface area contributed by atoms with Gasteiger partial charge in [-0.15, -0.1) is 0 Å². The van der Waals surface area contributed by atoms with Crippen molar-refractivity contribution in [3.63, 3.8) is 0 Å². The van der Waals surface area contributed by atoms with E-state index in [2.05, 4.69) is 5.10 Å². The molecule has 1 aromatic heterocycles. The second-order valence-electron chi connectivity index (χ2n) is 3.27. The van der Waals surface area contributed by atoms with E-state index in [1.54, 1.807) is 24.3 Å². The Bertz CT molecular complexity index is 575. The van der Waals surface area contributed by atoms with E-state index in [1.807, 2.05) is 0 Å². The number of carbonyl (C=O) groups is 2. The molecule has 1 N–H and O–H groups in total. The van der Waals surface area contributed by atoms with E-state index in [-0.39, 0.29) is 11.4 Å². The van der Waals surface area contributed by atoms with Crippen LogP contribution in [0.4, 0.5) is 0 Å². The SMILES string of the molecule is O=Cc1cc(C(=O)O)nn1-c1ccc(Cl)cc1. The molecule has 86 valence electrons. The topological polar surface area (TPSA) is 72.2 Å². The highest BCUT2D eigenvalue weighted by Crippen LogP contribution is 2.15. The van der Waals surface area contributed by atoms with E-state index in [0.29, 0.717) is 17.0 Å². The molecule has 2 rings (SSSR count). The number of carboxylic acids is 1. The first-order chi connectivity index (χ1) is 8.11. The number of aromatic carboxylic acids is 1. The highest BCUT2D eigenvalue weighted by Gasteiger charge is 2.13. The summed E-state index contributed by atoms with van der Waals surface area (Å²) < 4.78 is 1.26. The van der Waals surface area contributed by atoms with Gasteiger partial charge in [-0.3, -0.25) is 4.79 Å². The highest BCUT2D eigenvalue weighted by atomic mass is 35.5. The normalized spacial score (nSPS) is 10.2. The standard InChI is InChI=1S/C11H7ClN2O3/c12-7-1-3-8(4-2-7)14-9(6-15)5-10(13-14)11(16)17/h1-6H,(H,16,17). The fourth-order valence-electron chi connectivity index (χ4n) is 1.37. The molecule has 5 nitrogen and oxygen atoms in total. The molecule has 0 aliphatic rings. The van der Waals surface area contributed by atoms with Gasteiger partial charge in [0.15, 0.2) is 12.0 Å². The summed E-state index contributed by atoms with van der Waals surface area (Å²) in [4.78, 5) is 21.6. The third-order valence-corrected chi connectivity index (χ3v) is 2.40. The number of carboxylic acid groups (broad SMARTS) is 1. The quantitative estimate of drug-likeness (QED) is 0.846. The number of aromatic nitrogens is 2. The van der Waals surface area contributed by atoms with Crippen molar-refractivity contribution in [2.45, 2.75) is 0 Å². The summed E-state index contributed by atoms with van der Waals surface area (Å²) in [5, 5.41) is 13.2. The molecule has 0 spiro atoms. The van der Waals surface area contributed by atoms with Crippen molar-refractivity contribution in [3.8, 4) is 5.69 Å². The monoisotopic (exact) mass is 250 g/mol. The summed E-state index contributed by atoms with van der Waals surface area (Å²) in [6.07, 6.45) is 0.550. The Morgan fingerprint density at radius 1 is 1.35 bits per heavy atom. The first-order valence-corrected chi connectivity index (χ1v) is 5.04. The van der Waals surface area contributed by atoms with Gasteiger partial charge >= 0.3 is 5.97 Å². The molecule has 0 saturated carbocycles. The molecular weight excluding hydrogens is 244 g/mol. The van der Waals surface area contributed by atoms with Gasteiger partial charge in [0.1, 0.15) is 5.69 Å². The van der Waals surface area contributed by atoms with Crippen molar-refractivity contribution in [2.75, 3.05) is 0 Å². The highest BCUT2D eigenvalue weighted by molar-refractivity contribution is 6.30. The fourth-order valence-corrected chi connectivity index (χ4v) is 1.50. The van der Waals surface area contributed by atoms with Crippen LogP contribution in [0.25, 0.3) is 5.69 Å². The fraction of sp³-hybridized carbons (Fsp3) is 0. The van der Waals surface area contributed by atoms with Gasteiger partial charge in [0.05, 0.1) is 5.69 Å². The lowest BCUT2D eigenvalue weighted by Gasteiger charge is -2.02. The first kappa shape index (κ1) is 11.3. The predicted octanol–water partition coefficient (Wildman–Crippen LogP) is 2.04. The molecule has 0 unspecified atom stereocenters. The van der Waals surface area contributed by atoms with Gasteiger partial charge in [-0.2, -0.15) is 5.10 Å². The molecule has 0 bridgehead atoms. The van der Waals surface area contributed by atoms with Gasteiger partial charge in [0, 0.05) is 11.1 Å². The van der Waals surface area contributed by atoms with E-state index in [9.17, 15) is 9.59 Å². The van der Waals surface area contributed by atoms with Crippen molar-refractivity contribution >= 4 is 23.9 Å². The molecule has 0 aliphatic heterocycles. The van der Waals surface area contributed by atoms with Crippen molar-refractivity contribution in [1.82, 2.24) is 9.78 Å². The number of nitrogens with zero attached hydrogens (tertiary/aromatic N) is 2. The largest absolute Gasteiger partial charge is 0.476 e. The summed E-state index contributed by atoms with van der Waals surface area (Å²) in [7, 11) is 0. The number of aldehydes is 1. The maximum Gasteiger partial charge on any atom is 0.356 e. The first-order valence-electron chi connectivity index (χ1n) is 4.66. The molecule has 0 fully saturated rings. The number of hydrogen-bond acceptors (Lipinski definition) is 3. The van der Waals surface area contributed by atoms with Gasteiger partial charge in [0.2, 0.25) is 0 Å². The van der Waals surface area contributed by atoms with Gasteiger partial charge in [-0.25, -0.2) is 9.48 Å². The number of rotatable bonds is 3. The van der Waals surface area contributed by atoms with E-state index >= 15 is 0 Å². The molecule has 2 aromatic rings. The van der Waals surface area contributed by atoms with Crippen LogP contribution in [-0.2, 0) is 0 Å². The zero-order valence-electron chi connectivity index (χ0n) is 8.50. The number of carbonyl (C=O) groups excluding carboxylic acids is 1. The Kier molecular flexibility index (Phi) is 2.93. The second-order valence-corrected chi connectivity index (χ2v) is 3.70. The lowest BCUT2D eigenvalue weighted by Crippen LogP contribution is -2.03. The van der Waals surface area contributed by atoms with Crippen LogP contribution in [0.3, 0.4) is 0 Å². The van der Waals surface area contributed by atoms with Crippen LogP contribution in [0.1, 0.15) is 21.0 Å². The molecule has 0 atom stereocenters. The molecule has 0 saturated heterocycles. The molecule has 1 heterocycles. The second kappa shape index (κ2) is 4.39. The Balaban J connectivity index is 2.54. The van der Waals surface area contributed by atoms with Crippen LogP contribution in [-0.4, -0.2) is 27.1 Å². The minimum Gasteiger partial charge on any atom is -0.476 e. The Labute approximate surface area is 101 Å². The summed E-state index contributed by atoms with van der Waals surface area (Å²) >= 11 is 5.74. The number of hydrogen-bond donors (Lipinski definition) is 1. The van der Waals surface area contributed by atoms with Gasteiger partial charge in [0.25, 0.3) is 0 Å². The third kappa shape index (κ3) is 2.19. The maximum absolute atomic E-state index is 10.8. The zero-order valence-corrected chi connectivity index (χ0v) is 9.26. The average Bonchev–Trinajstić information content (AvgIpc) is 2.74. The smallest absolute Gasteiger partial charge is 0.356 e. The molecule has 6 heteroatoms. The minimum atomic E-state index is -1.18. The van der Waals surface area contributed by atoms with Crippen molar-refractivity contribution in [2.24, 2.45) is 0 Å². The lowest BCUT2D eigenvalue weighted by molar-refractivity contribution is 0.0690. The lowest BCUT2D eigenvalue weighted by atomic mass is 10.3.